The van der Waals surface area contributed by atoms with Crippen LogP contribution in [-0.2, 0) is 4.79 Å². The van der Waals surface area contributed by atoms with Gasteiger partial charge in [-0.05, 0) is 19.5 Å². The van der Waals surface area contributed by atoms with Crippen molar-refractivity contribution in [3.63, 3.8) is 0 Å². The topological polar surface area (TPSA) is 78.6 Å². The van der Waals surface area contributed by atoms with Crippen molar-refractivity contribution in [2.75, 3.05) is 33.7 Å². The SMILES string of the molecule is CN(C)CC(C)(C)CNCC(N)C(=O)O. The van der Waals surface area contributed by atoms with E-state index in [-0.39, 0.29) is 5.41 Å². The summed E-state index contributed by atoms with van der Waals surface area (Å²) in [6.07, 6.45) is 0. The molecule has 1 unspecified atom stereocenters. The summed E-state index contributed by atoms with van der Waals surface area (Å²) in [5.74, 6) is -0.965. The Hall–Kier alpha value is -0.650. The molecular formula is C10H23N3O2. The minimum atomic E-state index is -0.965. The van der Waals surface area contributed by atoms with Crippen LogP contribution in [0.15, 0.2) is 0 Å². The van der Waals surface area contributed by atoms with E-state index in [9.17, 15) is 4.79 Å². The molecule has 0 fully saturated rings. The summed E-state index contributed by atoms with van der Waals surface area (Å²) in [5, 5.41) is 11.7. The summed E-state index contributed by atoms with van der Waals surface area (Å²) in [4.78, 5) is 12.6. The Balaban J connectivity index is 3.79. The molecule has 0 aliphatic carbocycles. The van der Waals surface area contributed by atoms with Gasteiger partial charge in [-0.15, -0.1) is 0 Å². The number of nitrogens with one attached hydrogen (secondary N) is 1. The molecule has 0 aromatic heterocycles. The lowest BCUT2D eigenvalue weighted by atomic mass is 9.93. The average molecular weight is 217 g/mol. The maximum Gasteiger partial charge on any atom is 0.321 e. The van der Waals surface area contributed by atoms with E-state index in [1.54, 1.807) is 0 Å². The van der Waals surface area contributed by atoms with Crippen LogP contribution in [0.2, 0.25) is 0 Å². The number of nitrogens with zero attached hydrogens (tertiary/aromatic N) is 1. The molecule has 0 aliphatic rings. The Morgan fingerprint density at radius 3 is 2.47 bits per heavy atom. The van der Waals surface area contributed by atoms with E-state index in [4.69, 9.17) is 10.8 Å². The fourth-order valence-electron chi connectivity index (χ4n) is 1.57. The maximum atomic E-state index is 10.5. The summed E-state index contributed by atoms with van der Waals surface area (Å²) < 4.78 is 0. The lowest BCUT2D eigenvalue weighted by molar-refractivity contribution is -0.138. The minimum Gasteiger partial charge on any atom is -0.480 e. The van der Waals surface area contributed by atoms with Crippen LogP contribution < -0.4 is 11.1 Å². The van der Waals surface area contributed by atoms with E-state index in [0.717, 1.165) is 13.1 Å². The van der Waals surface area contributed by atoms with Crippen molar-refractivity contribution >= 4 is 5.97 Å². The number of rotatable bonds is 7. The normalized spacial score (nSPS) is 14.3. The molecule has 0 spiro atoms. The molecule has 0 heterocycles. The van der Waals surface area contributed by atoms with Crippen LogP contribution >= 0.6 is 0 Å². The first-order chi connectivity index (χ1) is 6.74. The molecule has 0 radical (unpaired) electrons. The van der Waals surface area contributed by atoms with E-state index in [1.807, 2.05) is 14.1 Å². The van der Waals surface area contributed by atoms with Crippen LogP contribution in [0.25, 0.3) is 0 Å². The van der Waals surface area contributed by atoms with Crippen LogP contribution in [-0.4, -0.2) is 55.7 Å². The zero-order chi connectivity index (χ0) is 12.1. The second-order valence-corrected chi connectivity index (χ2v) is 4.98. The van der Waals surface area contributed by atoms with Gasteiger partial charge in [0, 0.05) is 19.6 Å². The van der Waals surface area contributed by atoms with E-state index < -0.39 is 12.0 Å². The average Bonchev–Trinajstić information content (AvgIpc) is 2.00. The molecule has 4 N–H and O–H groups in total. The van der Waals surface area contributed by atoms with Gasteiger partial charge in [0.15, 0.2) is 0 Å². The molecule has 0 saturated heterocycles. The predicted molar refractivity (Wildman–Crippen MR) is 60.8 cm³/mol. The Bertz CT molecular complexity index is 205. The van der Waals surface area contributed by atoms with E-state index in [2.05, 4.69) is 24.1 Å². The van der Waals surface area contributed by atoms with Gasteiger partial charge in [-0.3, -0.25) is 4.79 Å². The summed E-state index contributed by atoms with van der Waals surface area (Å²) in [6.45, 7) is 6.28. The van der Waals surface area contributed by atoms with Crippen molar-refractivity contribution < 1.29 is 9.90 Å². The van der Waals surface area contributed by atoms with Gasteiger partial charge in [0.2, 0.25) is 0 Å². The van der Waals surface area contributed by atoms with Crippen molar-refractivity contribution in [3.05, 3.63) is 0 Å². The Morgan fingerprint density at radius 1 is 1.53 bits per heavy atom. The number of aliphatic carboxylic acids is 1. The van der Waals surface area contributed by atoms with Crippen molar-refractivity contribution in [1.82, 2.24) is 10.2 Å². The van der Waals surface area contributed by atoms with Gasteiger partial charge in [0.1, 0.15) is 6.04 Å². The Kier molecular flexibility index (Phi) is 5.79. The molecule has 0 saturated carbocycles. The molecule has 5 heteroatoms. The Morgan fingerprint density at radius 2 is 2.07 bits per heavy atom. The minimum absolute atomic E-state index is 0.113. The van der Waals surface area contributed by atoms with Gasteiger partial charge in [0.25, 0.3) is 0 Å². The third kappa shape index (κ3) is 7.30. The van der Waals surface area contributed by atoms with E-state index in [1.165, 1.54) is 0 Å². The zero-order valence-corrected chi connectivity index (χ0v) is 10.1. The molecule has 0 aliphatic heterocycles. The number of nitrogens with two attached hydrogens (primary N) is 1. The molecule has 5 nitrogen and oxygen atoms in total. The van der Waals surface area contributed by atoms with Crippen molar-refractivity contribution in [3.8, 4) is 0 Å². The zero-order valence-electron chi connectivity index (χ0n) is 10.1. The van der Waals surface area contributed by atoms with Gasteiger partial charge < -0.3 is 21.1 Å². The Labute approximate surface area is 91.6 Å². The third-order valence-corrected chi connectivity index (χ3v) is 2.03. The molecule has 15 heavy (non-hydrogen) atoms. The quantitative estimate of drug-likeness (QED) is 0.539. The number of carboxylic acids is 1. The standard InChI is InChI=1S/C10H23N3O2/c1-10(2,7-13(3)4)6-12-5-8(11)9(14)15/h8,12H,5-7,11H2,1-4H3,(H,14,15). The summed E-state index contributed by atoms with van der Waals surface area (Å²) in [7, 11) is 4.04. The first-order valence-electron chi connectivity index (χ1n) is 5.08. The highest BCUT2D eigenvalue weighted by Gasteiger charge is 2.19. The van der Waals surface area contributed by atoms with Gasteiger partial charge >= 0.3 is 5.97 Å². The number of hydrogen-bond donors (Lipinski definition) is 3. The predicted octanol–water partition coefficient (Wildman–Crippen LogP) is -0.424. The molecule has 0 bridgehead atoms. The largest absolute Gasteiger partial charge is 0.480 e. The van der Waals surface area contributed by atoms with Crippen LogP contribution in [0.3, 0.4) is 0 Å². The van der Waals surface area contributed by atoms with Gasteiger partial charge in [0.05, 0.1) is 0 Å². The molecule has 1 atom stereocenters. The molecule has 0 aromatic carbocycles. The van der Waals surface area contributed by atoms with Crippen molar-refractivity contribution in [2.45, 2.75) is 19.9 Å². The molecule has 0 amide bonds. The lowest BCUT2D eigenvalue weighted by Gasteiger charge is -2.28. The van der Waals surface area contributed by atoms with Gasteiger partial charge in [-0.2, -0.15) is 0 Å². The summed E-state index contributed by atoms with van der Waals surface area (Å²) in [5.41, 5.74) is 5.49. The van der Waals surface area contributed by atoms with Crippen LogP contribution in [0, 0.1) is 5.41 Å². The second-order valence-electron chi connectivity index (χ2n) is 4.98. The van der Waals surface area contributed by atoms with Gasteiger partial charge in [-0.25, -0.2) is 0 Å². The highest BCUT2D eigenvalue weighted by molar-refractivity contribution is 5.73. The first-order valence-corrected chi connectivity index (χ1v) is 5.08. The number of carbonyl (C=O) groups is 1. The molecule has 90 valence electrons. The summed E-state index contributed by atoms with van der Waals surface area (Å²) >= 11 is 0. The molecular weight excluding hydrogens is 194 g/mol. The highest BCUT2D eigenvalue weighted by atomic mass is 16.4. The van der Waals surface area contributed by atoms with E-state index >= 15 is 0 Å². The second kappa shape index (κ2) is 6.05. The van der Waals surface area contributed by atoms with Crippen LogP contribution in [0.5, 0.6) is 0 Å². The van der Waals surface area contributed by atoms with Crippen LogP contribution in [0.4, 0.5) is 0 Å². The third-order valence-electron chi connectivity index (χ3n) is 2.03. The fourth-order valence-corrected chi connectivity index (χ4v) is 1.57. The number of hydrogen-bond acceptors (Lipinski definition) is 4. The van der Waals surface area contributed by atoms with E-state index in [0.29, 0.717) is 6.54 Å². The van der Waals surface area contributed by atoms with Crippen molar-refractivity contribution in [1.29, 1.82) is 0 Å². The fraction of sp³-hybridized carbons (Fsp3) is 0.900. The molecule has 0 rings (SSSR count). The first kappa shape index (κ1) is 14.3. The highest BCUT2D eigenvalue weighted by Crippen LogP contribution is 2.13. The molecule has 0 aromatic rings. The number of carboxylic acid groups (broad SMARTS) is 1. The van der Waals surface area contributed by atoms with Gasteiger partial charge in [-0.1, -0.05) is 13.8 Å². The monoisotopic (exact) mass is 217 g/mol. The van der Waals surface area contributed by atoms with Crippen LogP contribution in [0.1, 0.15) is 13.8 Å². The van der Waals surface area contributed by atoms with Crippen molar-refractivity contribution in [2.24, 2.45) is 11.1 Å². The maximum absolute atomic E-state index is 10.5. The lowest BCUT2D eigenvalue weighted by Crippen LogP contribution is -2.45. The smallest absolute Gasteiger partial charge is 0.321 e. The summed E-state index contributed by atoms with van der Waals surface area (Å²) in [6, 6.07) is -0.819.